The van der Waals surface area contributed by atoms with E-state index in [1.807, 2.05) is 30.3 Å². The summed E-state index contributed by atoms with van der Waals surface area (Å²) >= 11 is 0. The Hall–Kier alpha value is -3.35. The number of carbonyl (C=O) groups is 2. The van der Waals surface area contributed by atoms with Crippen LogP contribution in [0.4, 0.5) is 10.8 Å². The number of hydrogen-bond donors (Lipinski definition) is 2. The molecule has 2 aromatic carbocycles. The van der Waals surface area contributed by atoms with Gasteiger partial charge in [0.05, 0.1) is 5.56 Å². The maximum atomic E-state index is 11.7. The summed E-state index contributed by atoms with van der Waals surface area (Å²) in [5.41, 5.74) is 1.65. The van der Waals surface area contributed by atoms with Crippen molar-refractivity contribution in [3.8, 4) is 0 Å². The second-order valence-electron chi connectivity index (χ2n) is 4.69. The molecule has 0 radical (unpaired) electrons. The summed E-state index contributed by atoms with van der Waals surface area (Å²) < 4.78 is 10.4. The number of oxazole rings is 1. The zero-order valence-corrected chi connectivity index (χ0v) is 11.9. The molecule has 7 nitrogen and oxygen atoms in total. The van der Waals surface area contributed by atoms with Crippen molar-refractivity contribution < 1.29 is 23.8 Å². The van der Waals surface area contributed by atoms with Crippen molar-refractivity contribution in [2.24, 2.45) is 0 Å². The largest absolute Gasteiger partial charge is 0.478 e. The fourth-order valence-corrected chi connectivity index (χ4v) is 1.96. The predicted molar refractivity (Wildman–Crippen MR) is 81.2 cm³/mol. The van der Waals surface area contributed by atoms with E-state index >= 15 is 0 Å². The Bertz CT molecular complexity index is 857. The van der Waals surface area contributed by atoms with Gasteiger partial charge in [0.1, 0.15) is 12.1 Å². The van der Waals surface area contributed by atoms with Crippen LogP contribution < -0.4 is 5.32 Å². The molecule has 1 aromatic heterocycles. The average Bonchev–Trinajstić information content (AvgIpc) is 2.95. The molecule has 0 fully saturated rings. The van der Waals surface area contributed by atoms with E-state index in [4.69, 9.17) is 14.3 Å². The summed E-state index contributed by atoms with van der Waals surface area (Å²) in [5, 5.41) is 11.3. The highest BCUT2D eigenvalue weighted by molar-refractivity contribution is 5.92. The van der Waals surface area contributed by atoms with Gasteiger partial charge in [0.25, 0.3) is 0 Å². The highest BCUT2D eigenvalue weighted by Crippen LogP contribution is 2.20. The zero-order valence-electron chi connectivity index (χ0n) is 11.9. The van der Waals surface area contributed by atoms with Gasteiger partial charge in [-0.3, -0.25) is 0 Å². The van der Waals surface area contributed by atoms with Gasteiger partial charge in [0.15, 0.2) is 5.58 Å². The van der Waals surface area contributed by atoms with E-state index in [2.05, 4.69) is 10.3 Å². The number of carboxylic acids is 1. The first-order valence-corrected chi connectivity index (χ1v) is 6.73. The number of aromatic nitrogens is 1. The average molecular weight is 312 g/mol. The second kappa shape index (κ2) is 6.18. The molecule has 3 aromatic rings. The lowest BCUT2D eigenvalue weighted by Crippen LogP contribution is -2.13. The molecule has 0 aliphatic rings. The van der Waals surface area contributed by atoms with Crippen LogP contribution >= 0.6 is 0 Å². The number of nitrogens with zero attached hydrogens (tertiary/aromatic N) is 1. The van der Waals surface area contributed by atoms with Crippen LogP contribution in [0.5, 0.6) is 0 Å². The number of aromatic carboxylic acids is 1. The van der Waals surface area contributed by atoms with Crippen LogP contribution in [0, 0.1) is 0 Å². The smallest absolute Gasteiger partial charge is 0.415 e. The minimum Gasteiger partial charge on any atom is -0.478 e. The van der Waals surface area contributed by atoms with Gasteiger partial charge in [-0.15, -0.1) is 0 Å². The summed E-state index contributed by atoms with van der Waals surface area (Å²) in [5.74, 6) is -1.06. The number of ether oxygens (including phenoxy) is 1. The number of carboxylic acid groups (broad SMARTS) is 1. The minimum atomic E-state index is -1.06. The van der Waals surface area contributed by atoms with E-state index in [0.717, 1.165) is 5.56 Å². The summed E-state index contributed by atoms with van der Waals surface area (Å²) in [6, 6.07) is 13.4. The van der Waals surface area contributed by atoms with E-state index in [-0.39, 0.29) is 18.2 Å². The van der Waals surface area contributed by atoms with Crippen molar-refractivity contribution in [2.45, 2.75) is 6.61 Å². The van der Waals surface area contributed by atoms with Crippen molar-refractivity contribution in [3.05, 3.63) is 59.7 Å². The Balaban J connectivity index is 1.66. The first-order chi connectivity index (χ1) is 11.1. The SMILES string of the molecule is O=C(Nc1nc2cc(C(=O)O)ccc2o1)OCc1ccccc1. The molecule has 0 aliphatic heterocycles. The van der Waals surface area contributed by atoms with Crippen molar-refractivity contribution >= 4 is 29.2 Å². The van der Waals surface area contributed by atoms with Crippen LogP contribution in [0.1, 0.15) is 15.9 Å². The highest BCUT2D eigenvalue weighted by atomic mass is 16.6. The van der Waals surface area contributed by atoms with Crippen molar-refractivity contribution in [3.63, 3.8) is 0 Å². The Kier molecular flexibility index (Phi) is 3.92. The Morgan fingerprint density at radius 1 is 1.17 bits per heavy atom. The predicted octanol–water partition coefficient (Wildman–Crippen LogP) is 3.27. The van der Waals surface area contributed by atoms with Gasteiger partial charge in [0.2, 0.25) is 0 Å². The van der Waals surface area contributed by atoms with Crippen LogP contribution in [0.15, 0.2) is 52.9 Å². The van der Waals surface area contributed by atoms with Gasteiger partial charge in [-0.05, 0) is 23.8 Å². The fourth-order valence-electron chi connectivity index (χ4n) is 1.96. The van der Waals surface area contributed by atoms with Crippen LogP contribution in [-0.4, -0.2) is 22.2 Å². The van der Waals surface area contributed by atoms with Gasteiger partial charge in [-0.1, -0.05) is 30.3 Å². The Morgan fingerprint density at radius 2 is 1.96 bits per heavy atom. The number of nitrogens with one attached hydrogen (secondary N) is 1. The molecule has 2 N–H and O–H groups in total. The number of fused-ring (bicyclic) bond motifs is 1. The van der Waals surface area contributed by atoms with E-state index in [1.54, 1.807) is 0 Å². The number of anilines is 1. The maximum Gasteiger partial charge on any atom is 0.415 e. The Morgan fingerprint density at radius 3 is 2.70 bits per heavy atom. The molecule has 1 amide bonds. The first kappa shape index (κ1) is 14.6. The maximum absolute atomic E-state index is 11.7. The second-order valence-corrected chi connectivity index (χ2v) is 4.69. The zero-order chi connectivity index (χ0) is 16.2. The van der Waals surface area contributed by atoms with Crippen molar-refractivity contribution in [1.82, 2.24) is 4.98 Å². The molecule has 0 unspecified atom stereocenters. The molecule has 0 aliphatic carbocycles. The third-order valence-electron chi connectivity index (χ3n) is 3.06. The molecule has 0 atom stereocenters. The van der Waals surface area contributed by atoms with Crippen LogP contribution in [-0.2, 0) is 11.3 Å². The molecule has 0 bridgehead atoms. The lowest BCUT2D eigenvalue weighted by Gasteiger charge is -2.03. The third-order valence-corrected chi connectivity index (χ3v) is 3.06. The van der Waals surface area contributed by atoms with Crippen LogP contribution in [0.25, 0.3) is 11.1 Å². The standard InChI is InChI=1S/C16H12N2O5/c19-14(20)11-6-7-13-12(8-11)17-15(23-13)18-16(21)22-9-10-4-2-1-3-5-10/h1-8H,9H2,(H,19,20)(H,17,18,21). The number of rotatable bonds is 4. The molecule has 0 spiro atoms. The van der Waals surface area contributed by atoms with Crippen molar-refractivity contribution in [2.75, 3.05) is 5.32 Å². The number of benzene rings is 2. The van der Waals surface area contributed by atoms with Gasteiger partial charge in [0, 0.05) is 0 Å². The van der Waals surface area contributed by atoms with E-state index in [0.29, 0.717) is 11.1 Å². The third kappa shape index (κ3) is 3.46. The van der Waals surface area contributed by atoms with Gasteiger partial charge in [-0.25, -0.2) is 14.9 Å². The summed E-state index contributed by atoms with van der Waals surface area (Å²) in [4.78, 5) is 26.6. The summed E-state index contributed by atoms with van der Waals surface area (Å²) in [6.07, 6.45) is -0.709. The minimum absolute atomic E-state index is 0.0550. The monoisotopic (exact) mass is 312 g/mol. The quantitative estimate of drug-likeness (QED) is 0.766. The summed E-state index contributed by atoms with van der Waals surface area (Å²) in [7, 11) is 0. The molecule has 0 saturated carbocycles. The van der Waals surface area contributed by atoms with Crippen LogP contribution in [0.2, 0.25) is 0 Å². The molecular formula is C16H12N2O5. The fraction of sp³-hybridized carbons (Fsp3) is 0.0625. The number of amides is 1. The molecule has 1 heterocycles. The summed E-state index contributed by atoms with van der Waals surface area (Å²) in [6.45, 7) is 0.121. The van der Waals surface area contributed by atoms with Gasteiger partial charge < -0.3 is 14.3 Å². The first-order valence-electron chi connectivity index (χ1n) is 6.73. The number of carbonyl (C=O) groups excluding carboxylic acids is 1. The Labute approximate surface area is 130 Å². The lowest BCUT2D eigenvalue weighted by atomic mass is 10.2. The van der Waals surface area contributed by atoms with Crippen LogP contribution in [0.3, 0.4) is 0 Å². The molecule has 3 rings (SSSR count). The molecule has 0 saturated heterocycles. The molecule has 7 heteroatoms. The van der Waals surface area contributed by atoms with Crippen molar-refractivity contribution in [1.29, 1.82) is 0 Å². The molecule has 23 heavy (non-hydrogen) atoms. The molecule has 116 valence electrons. The van der Waals surface area contributed by atoms with E-state index in [9.17, 15) is 9.59 Å². The normalized spacial score (nSPS) is 10.4. The lowest BCUT2D eigenvalue weighted by molar-refractivity contribution is 0.0697. The topological polar surface area (TPSA) is 102 Å². The van der Waals surface area contributed by atoms with Gasteiger partial charge in [-0.2, -0.15) is 4.98 Å². The van der Waals surface area contributed by atoms with E-state index < -0.39 is 12.1 Å². The van der Waals surface area contributed by atoms with E-state index in [1.165, 1.54) is 18.2 Å². The highest BCUT2D eigenvalue weighted by Gasteiger charge is 2.12. The number of hydrogen-bond acceptors (Lipinski definition) is 5. The molecular weight excluding hydrogens is 300 g/mol. The van der Waals surface area contributed by atoms with Gasteiger partial charge >= 0.3 is 18.1 Å².